The van der Waals surface area contributed by atoms with Crippen LogP contribution in [0.5, 0.6) is 0 Å². The minimum atomic E-state index is -1.32. The Morgan fingerprint density at radius 3 is 2.17 bits per heavy atom. The number of rotatable bonds is 3. The monoisotopic (exact) mass is 240 g/mol. The number of carbonyl (C=O) groups excluding carboxylic acids is 2. The lowest BCUT2D eigenvalue weighted by atomic mass is 10.1. The van der Waals surface area contributed by atoms with Crippen molar-refractivity contribution in [3.63, 3.8) is 0 Å². The summed E-state index contributed by atoms with van der Waals surface area (Å²) in [6, 6.07) is 14.7. The number of amides is 1. The molecule has 0 radical (unpaired) electrons. The van der Waals surface area contributed by atoms with Crippen LogP contribution in [0.3, 0.4) is 0 Å². The van der Waals surface area contributed by atoms with E-state index in [2.05, 4.69) is 5.32 Å². The van der Waals surface area contributed by atoms with Crippen molar-refractivity contribution in [2.24, 2.45) is 0 Å². The van der Waals surface area contributed by atoms with E-state index >= 15 is 0 Å². The first-order valence-corrected chi connectivity index (χ1v) is 5.35. The highest BCUT2D eigenvalue weighted by molar-refractivity contribution is 6.07. The molecular formula is C14H10NO3-. The molecule has 0 heterocycles. The van der Waals surface area contributed by atoms with Gasteiger partial charge in [-0.3, -0.25) is 4.79 Å². The molecule has 0 saturated heterocycles. The van der Waals surface area contributed by atoms with Gasteiger partial charge >= 0.3 is 0 Å². The second kappa shape index (κ2) is 5.14. The number of hydrogen-bond acceptors (Lipinski definition) is 3. The van der Waals surface area contributed by atoms with Crippen LogP contribution in [0.4, 0.5) is 5.69 Å². The first-order valence-electron chi connectivity index (χ1n) is 5.35. The van der Waals surface area contributed by atoms with Crippen LogP contribution < -0.4 is 10.4 Å². The topological polar surface area (TPSA) is 69.2 Å². The Morgan fingerprint density at radius 1 is 0.889 bits per heavy atom. The van der Waals surface area contributed by atoms with Crippen molar-refractivity contribution in [3.8, 4) is 0 Å². The molecule has 0 aromatic heterocycles. The van der Waals surface area contributed by atoms with E-state index in [9.17, 15) is 14.7 Å². The number of nitrogens with one attached hydrogen (secondary N) is 1. The first kappa shape index (κ1) is 11.9. The third-order valence-electron chi connectivity index (χ3n) is 2.43. The van der Waals surface area contributed by atoms with E-state index in [0.29, 0.717) is 5.56 Å². The van der Waals surface area contributed by atoms with Crippen LogP contribution in [-0.2, 0) is 0 Å². The zero-order valence-corrected chi connectivity index (χ0v) is 9.42. The van der Waals surface area contributed by atoms with Gasteiger partial charge < -0.3 is 15.2 Å². The summed E-state index contributed by atoms with van der Waals surface area (Å²) in [6.07, 6.45) is 0. The number of hydrogen-bond donors (Lipinski definition) is 1. The molecule has 0 atom stereocenters. The van der Waals surface area contributed by atoms with Gasteiger partial charge in [0, 0.05) is 11.1 Å². The number of benzene rings is 2. The smallest absolute Gasteiger partial charge is 0.255 e. The molecule has 2 aromatic carbocycles. The molecule has 0 aliphatic heterocycles. The van der Waals surface area contributed by atoms with Crippen molar-refractivity contribution in [1.82, 2.24) is 0 Å². The largest absolute Gasteiger partial charge is 0.545 e. The highest BCUT2D eigenvalue weighted by Gasteiger charge is 2.08. The zero-order valence-electron chi connectivity index (χ0n) is 9.42. The van der Waals surface area contributed by atoms with Crippen molar-refractivity contribution in [2.45, 2.75) is 0 Å². The van der Waals surface area contributed by atoms with E-state index in [1.54, 1.807) is 42.5 Å². The van der Waals surface area contributed by atoms with Gasteiger partial charge in [0.05, 0.1) is 11.7 Å². The molecule has 0 saturated carbocycles. The van der Waals surface area contributed by atoms with Crippen LogP contribution in [0.2, 0.25) is 0 Å². The third kappa shape index (κ3) is 2.55. The lowest BCUT2D eigenvalue weighted by molar-refractivity contribution is -0.254. The predicted octanol–water partition coefficient (Wildman–Crippen LogP) is 1.30. The van der Waals surface area contributed by atoms with Gasteiger partial charge in [-0.1, -0.05) is 36.4 Å². The van der Waals surface area contributed by atoms with E-state index in [0.717, 1.165) is 0 Å². The number of aromatic carboxylic acids is 1. The first-order chi connectivity index (χ1) is 8.68. The maximum absolute atomic E-state index is 11.9. The fourth-order valence-corrected chi connectivity index (χ4v) is 1.55. The fraction of sp³-hybridized carbons (Fsp3) is 0. The Labute approximate surface area is 104 Å². The number of para-hydroxylation sites is 1. The number of carbonyl (C=O) groups is 2. The summed E-state index contributed by atoms with van der Waals surface area (Å²) in [5.41, 5.74) is 0.652. The highest BCUT2D eigenvalue weighted by atomic mass is 16.4. The Hall–Kier alpha value is -2.62. The third-order valence-corrected chi connectivity index (χ3v) is 2.43. The summed E-state index contributed by atoms with van der Waals surface area (Å²) in [5, 5.41) is 13.4. The van der Waals surface area contributed by atoms with Crippen LogP contribution in [0.1, 0.15) is 20.7 Å². The summed E-state index contributed by atoms with van der Waals surface area (Å²) in [4.78, 5) is 22.7. The van der Waals surface area contributed by atoms with Crippen LogP contribution in [0.25, 0.3) is 0 Å². The van der Waals surface area contributed by atoms with Gasteiger partial charge in [-0.2, -0.15) is 0 Å². The van der Waals surface area contributed by atoms with Crippen molar-refractivity contribution in [2.75, 3.05) is 5.32 Å². The van der Waals surface area contributed by atoms with Crippen molar-refractivity contribution < 1.29 is 14.7 Å². The minimum Gasteiger partial charge on any atom is -0.545 e. The van der Waals surface area contributed by atoms with Gasteiger partial charge in [-0.25, -0.2) is 0 Å². The number of anilines is 1. The summed E-state index contributed by atoms with van der Waals surface area (Å²) in [6.45, 7) is 0. The molecule has 1 amide bonds. The zero-order chi connectivity index (χ0) is 13.0. The van der Waals surface area contributed by atoms with Gasteiger partial charge in [0.2, 0.25) is 0 Å². The van der Waals surface area contributed by atoms with Gasteiger partial charge in [-0.05, 0) is 18.2 Å². The summed E-state index contributed by atoms with van der Waals surface area (Å²) >= 11 is 0. The average Bonchev–Trinajstić information content (AvgIpc) is 2.40. The molecule has 2 rings (SSSR count). The molecule has 1 N–H and O–H groups in total. The maximum atomic E-state index is 11.9. The summed E-state index contributed by atoms with van der Waals surface area (Å²) < 4.78 is 0. The molecule has 0 bridgehead atoms. The van der Waals surface area contributed by atoms with Gasteiger partial charge in [0.1, 0.15) is 0 Å². The van der Waals surface area contributed by atoms with Crippen LogP contribution in [0, 0.1) is 0 Å². The molecule has 0 aliphatic carbocycles. The normalized spacial score (nSPS) is 9.78. The lowest BCUT2D eigenvalue weighted by Crippen LogP contribution is -2.24. The highest BCUT2D eigenvalue weighted by Crippen LogP contribution is 2.15. The summed E-state index contributed by atoms with van der Waals surface area (Å²) in [7, 11) is 0. The van der Waals surface area contributed by atoms with Crippen LogP contribution in [0.15, 0.2) is 54.6 Å². The predicted molar refractivity (Wildman–Crippen MR) is 65.2 cm³/mol. The van der Waals surface area contributed by atoms with Gasteiger partial charge in [0.25, 0.3) is 5.91 Å². The number of carboxylic acid groups (broad SMARTS) is 1. The molecule has 2 aromatic rings. The maximum Gasteiger partial charge on any atom is 0.255 e. The summed E-state index contributed by atoms with van der Waals surface area (Å²) in [5.74, 6) is -1.68. The lowest BCUT2D eigenvalue weighted by Gasteiger charge is -2.11. The second-order valence-electron chi connectivity index (χ2n) is 3.65. The van der Waals surface area contributed by atoms with Crippen molar-refractivity contribution in [1.29, 1.82) is 0 Å². The Morgan fingerprint density at radius 2 is 1.50 bits per heavy atom. The molecule has 4 heteroatoms. The molecule has 0 aliphatic rings. The van der Waals surface area contributed by atoms with Crippen LogP contribution in [-0.4, -0.2) is 11.9 Å². The van der Waals surface area contributed by atoms with Crippen molar-refractivity contribution >= 4 is 17.6 Å². The minimum absolute atomic E-state index is 0.0400. The van der Waals surface area contributed by atoms with E-state index in [4.69, 9.17) is 0 Å². The molecule has 0 spiro atoms. The van der Waals surface area contributed by atoms with E-state index in [1.165, 1.54) is 12.1 Å². The average molecular weight is 240 g/mol. The standard InChI is InChI=1S/C14H11NO3/c16-13(10-6-2-1-3-7-10)15-12-9-5-4-8-11(12)14(17)18/h1-9H,(H,15,16)(H,17,18)/p-1. The Kier molecular flexibility index (Phi) is 3.38. The van der Waals surface area contributed by atoms with Crippen molar-refractivity contribution in [3.05, 3.63) is 65.7 Å². The van der Waals surface area contributed by atoms with Gasteiger partial charge in [0.15, 0.2) is 0 Å². The fourth-order valence-electron chi connectivity index (χ4n) is 1.55. The van der Waals surface area contributed by atoms with Gasteiger partial charge in [-0.15, -0.1) is 0 Å². The molecule has 18 heavy (non-hydrogen) atoms. The number of carboxylic acids is 1. The molecule has 4 nitrogen and oxygen atoms in total. The van der Waals surface area contributed by atoms with E-state index in [1.807, 2.05) is 0 Å². The van der Waals surface area contributed by atoms with Crippen LogP contribution >= 0.6 is 0 Å². The second-order valence-corrected chi connectivity index (χ2v) is 3.65. The molecule has 0 unspecified atom stereocenters. The SMILES string of the molecule is O=C(Nc1ccccc1C(=O)[O-])c1ccccc1. The molecule has 90 valence electrons. The van der Waals surface area contributed by atoms with E-state index in [-0.39, 0.29) is 17.2 Å². The Bertz CT molecular complexity index is 579. The molecular weight excluding hydrogens is 230 g/mol. The Balaban J connectivity index is 2.25. The molecule has 0 fully saturated rings. The quantitative estimate of drug-likeness (QED) is 0.879. The van der Waals surface area contributed by atoms with E-state index < -0.39 is 5.97 Å².